The molecular weight excluding hydrogens is 304 g/mol. The Morgan fingerprint density at radius 3 is 2.42 bits per heavy atom. The molecule has 126 valence electrons. The van der Waals surface area contributed by atoms with Gasteiger partial charge in [-0.05, 0) is 42.7 Å². The van der Waals surface area contributed by atoms with Crippen LogP contribution in [0.3, 0.4) is 0 Å². The summed E-state index contributed by atoms with van der Waals surface area (Å²) in [5, 5.41) is 2.93. The topological polar surface area (TPSA) is 57.7 Å². The van der Waals surface area contributed by atoms with Crippen molar-refractivity contribution in [1.29, 1.82) is 0 Å². The predicted octanol–water partition coefficient (Wildman–Crippen LogP) is 2.56. The average Bonchev–Trinajstić information content (AvgIpc) is 3.07. The lowest BCUT2D eigenvalue weighted by atomic mass is 9.67. The zero-order chi connectivity index (χ0) is 17.3. The summed E-state index contributed by atoms with van der Waals surface area (Å²) < 4.78 is 0. The Balaban J connectivity index is 1.89. The maximum atomic E-state index is 13.5. The van der Waals surface area contributed by atoms with Crippen LogP contribution in [-0.4, -0.2) is 28.6 Å². The molecule has 5 heteroatoms. The zero-order valence-electron chi connectivity index (χ0n) is 14.3. The summed E-state index contributed by atoms with van der Waals surface area (Å²) in [6, 6.07) is 8.97. The minimum absolute atomic E-state index is 0.0294. The number of benzene rings is 1. The Morgan fingerprint density at radius 2 is 1.83 bits per heavy atom. The Morgan fingerprint density at radius 1 is 1.17 bits per heavy atom. The second kappa shape index (κ2) is 4.68. The van der Waals surface area contributed by atoms with Crippen LogP contribution in [0.25, 0.3) is 0 Å². The summed E-state index contributed by atoms with van der Waals surface area (Å²) in [5.74, 6) is -0.719. The van der Waals surface area contributed by atoms with E-state index in [4.69, 9.17) is 0 Å². The number of hydrazine groups is 1. The smallest absolute Gasteiger partial charge is 0.289 e. The van der Waals surface area contributed by atoms with E-state index in [1.165, 1.54) is 16.9 Å². The third kappa shape index (κ3) is 1.57. The van der Waals surface area contributed by atoms with Crippen molar-refractivity contribution in [3.05, 3.63) is 30.3 Å². The molecule has 1 aromatic carbocycles. The molecule has 3 aliphatic rings. The minimum Gasteiger partial charge on any atom is -0.289 e. The van der Waals surface area contributed by atoms with Gasteiger partial charge < -0.3 is 0 Å². The quantitative estimate of drug-likeness (QED) is 0.785. The molecule has 24 heavy (non-hydrogen) atoms. The SMILES string of the molecule is CC(=O)C(=O)N1[C@H]2C[C@H]3CC[C@]2(C(=O)N1c1ccccc1)C3(C)C. The van der Waals surface area contributed by atoms with Gasteiger partial charge in [0.05, 0.1) is 17.1 Å². The predicted molar refractivity (Wildman–Crippen MR) is 88.8 cm³/mol. The first kappa shape index (κ1) is 15.4. The summed E-state index contributed by atoms with van der Waals surface area (Å²) in [7, 11) is 0. The Bertz CT molecular complexity index is 742. The number of nitrogens with zero attached hydrogens (tertiary/aromatic N) is 2. The van der Waals surface area contributed by atoms with E-state index in [9.17, 15) is 14.4 Å². The zero-order valence-corrected chi connectivity index (χ0v) is 14.3. The van der Waals surface area contributed by atoms with E-state index in [-0.39, 0.29) is 17.4 Å². The molecule has 2 bridgehead atoms. The lowest BCUT2D eigenvalue weighted by Crippen LogP contribution is -2.49. The Labute approximate surface area is 141 Å². The van der Waals surface area contributed by atoms with Crippen LogP contribution in [0, 0.1) is 16.7 Å². The van der Waals surface area contributed by atoms with E-state index in [0.717, 1.165) is 19.3 Å². The third-order valence-corrected chi connectivity index (χ3v) is 6.73. The molecular formula is C19H22N2O3. The molecule has 0 aromatic heterocycles. The number of hydrogen-bond donors (Lipinski definition) is 0. The molecule has 1 saturated heterocycles. The second-order valence-electron chi connectivity index (χ2n) is 7.84. The fourth-order valence-corrected chi connectivity index (χ4v) is 5.39. The van der Waals surface area contributed by atoms with Gasteiger partial charge in [-0.1, -0.05) is 32.0 Å². The van der Waals surface area contributed by atoms with Gasteiger partial charge in [-0.25, -0.2) is 10.0 Å². The van der Waals surface area contributed by atoms with Gasteiger partial charge in [-0.15, -0.1) is 0 Å². The standard InChI is InChI=1S/C19H22N2O3/c1-12(22)16(23)21-15-11-13-9-10-19(15,18(13,2)3)17(24)20(21)14-7-5-4-6-8-14/h4-8,13,15H,9-11H2,1-3H3/t13-,15+,19+/m1/s1. The molecule has 2 aliphatic carbocycles. The molecule has 1 aliphatic heterocycles. The average molecular weight is 326 g/mol. The van der Waals surface area contributed by atoms with E-state index in [0.29, 0.717) is 11.6 Å². The van der Waals surface area contributed by atoms with Gasteiger partial charge in [0.15, 0.2) is 0 Å². The van der Waals surface area contributed by atoms with Gasteiger partial charge in [-0.3, -0.25) is 14.4 Å². The first-order valence-electron chi connectivity index (χ1n) is 8.56. The summed E-state index contributed by atoms with van der Waals surface area (Å²) in [4.78, 5) is 38.1. The van der Waals surface area contributed by atoms with Crippen molar-refractivity contribution in [1.82, 2.24) is 5.01 Å². The lowest BCUT2D eigenvalue weighted by molar-refractivity contribution is -0.145. The maximum Gasteiger partial charge on any atom is 0.308 e. The van der Waals surface area contributed by atoms with Gasteiger partial charge in [0.25, 0.3) is 5.91 Å². The summed E-state index contributed by atoms with van der Waals surface area (Å²) in [5.41, 5.74) is -0.0770. The van der Waals surface area contributed by atoms with Crippen LogP contribution in [0.5, 0.6) is 0 Å². The Hall–Kier alpha value is -2.17. The highest BCUT2D eigenvalue weighted by Gasteiger charge is 2.75. The van der Waals surface area contributed by atoms with Crippen LogP contribution >= 0.6 is 0 Å². The molecule has 1 heterocycles. The van der Waals surface area contributed by atoms with E-state index in [2.05, 4.69) is 13.8 Å². The number of hydrogen-bond acceptors (Lipinski definition) is 3. The first-order valence-corrected chi connectivity index (χ1v) is 8.56. The van der Waals surface area contributed by atoms with E-state index in [1.807, 2.05) is 30.3 Å². The van der Waals surface area contributed by atoms with Gasteiger partial charge in [0.2, 0.25) is 5.78 Å². The summed E-state index contributed by atoms with van der Waals surface area (Å²) in [6.07, 6.45) is 2.60. The normalized spacial score (nSPS) is 33.0. The van der Waals surface area contributed by atoms with Crippen molar-refractivity contribution in [2.75, 3.05) is 5.01 Å². The van der Waals surface area contributed by atoms with E-state index < -0.39 is 17.1 Å². The fraction of sp³-hybridized carbons (Fsp3) is 0.526. The highest BCUT2D eigenvalue weighted by Crippen LogP contribution is 2.70. The number of carbonyl (C=O) groups is 3. The molecule has 4 rings (SSSR count). The van der Waals surface area contributed by atoms with E-state index >= 15 is 0 Å². The van der Waals surface area contributed by atoms with Gasteiger partial charge in [-0.2, -0.15) is 0 Å². The Kier molecular flexibility index (Phi) is 3.00. The van der Waals surface area contributed by atoms with Crippen molar-refractivity contribution in [2.45, 2.75) is 46.1 Å². The number of carbonyl (C=O) groups excluding carboxylic acids is 3. The van der Waals surface area contributed by atoms with Crippen molar-refractivity contribution >= 4 is 23.3 Å². The maximum absolute atomic E-state index is 13.5. The number of amides is 2. The third-order valence-electron chi connectivity index (χ3n) is 6.73. The van der Waals surface area contributed by atoms with Gasteiger partial charge >= 0.3 is 5.91 Å². The molecule has 3 fully saturated rings. The van der Waals surface area contributed by atoms with Gasteiger partial charge in [0.1, 0.15) is 0 Å². The molecule has 2 amide bonds. The monoisotopic (exact) mass is 326 g/mol. The van der Waals surface area contributed by atoms with Crippen LogP contribution in [0.1, 0.15) is 40.0 Å². The second-order valence-corrected chi connectivity index (χ2v) is 7.84. The van der Waals surface area contributed by atoms with Gasteiger partial charge in [0, 0.05) is 6.92 Å². The molecule has 2 saturated carbocycles. The number of anilines is 1. The molecule has 5 nitrogen and oxygen atoms in total. The molecule has 3 atom stereocenters. The lowest BCUT2D eigenvalue weighted by Gasteiger charge is -2.34. The van der Waals surface area contributed by atoms with Crippen molar-refractivity contribution in [3.8, 4) is 0 Å². The van der Waals surface area contributed by atoms with Crippen LogP contribution < -0.4 is 5.01 Å². The molecule has 0 unspecified atom stereocenters. The minimum atomic E-state index is -0.586. The highest BCUT2D eigenvalue weighted by atomic mass is 16.2. The number of Topliss-reactive ketones (excluding diaryl/α,β-unsaturated/α-hetero) is 1. The van der Waals surface area contributed by atoms with Crippen LogP contribution in [0.15, 0.2) is 30.3 Å². The molecule has 1 spiro atoms. The van der Waals surface area contributed by atoms with Crippen molar-refractivity contribution in [3.63, 3.8) is 0 Å². The van der Waals surface area contributed by atoms with Crippen LogP contribution in [-0.2, 0) is 14.4 Å². The largest absolute Gasteiger partial charge is 0.308 e. The summed E-state index contributed by atoms with van der Waals surface area (Å²) in [6.45, 7) is 5.57. The number of fused-ring (bicyclic) bond motifs is 1. The molecule has 1 aromatic rings. The number of para-hydroxylation sites is 1. The van der Waals surface area contributed by atoms with Crippen LogP contribution in [0.4, 0.5) is 5.69 Å². The highest BCUT2D eigenvalue weighted by molar-refractivity contribution is 6.36. The first-order chi connectivity index (χ1) is 11.3. The molecule has 0 radical (unpaired) electrons. The number of ketones is 1. The van der Waals surface area contributed by atoms with Crippen molar-refractivity contribution < 1.29 is 14.4 Å². The van der Waals surface area contributed by atoms with Crippen LogP contribution in [0.2, 0.25) is 0 Å². The number of rotatable bonds is 2. The van der Waals surface area contributed by atoms with Crippen molar-refractivity contribution in [2.24, 2.45) is 16.7 Å². The van der Waals surface area contributed by atoms with E-state index in [1.54, 1.807) is 0 Å². The fourth-order valence-electron chi connectivity index (χ4n) is 5.39. The molecule has 0 N–H and O–H groups in total. The summed E-state index contributed by atoms with van der Waals surface area (Å²) >= 11 is 0.